The Kier molecular flexibility index (Phi) is 4.39. The molecule has 4 rings (SSSR count). The van der Waals surface area contributed by atoms with E-state index in [2.05, 4.69) is 27.2 Å². The molecule has 0 bridgehead atoms. The molecule has 6 heteroatoms. The van der Waals surface area contributed by atoms with Gasteiger partial charge in [-0.3, -0.25) is 9.78 Å². The third-order valence-corrected chi connectivity index (χ3v) is 4.67. The molecule has 3 heterocycles. The molecule has 132 valence electrons. The van der Waals surface area contributed by atoms with E-state index in [-0.39, 0.29) is 5.91 Å². The molecule has 3 aromatic rings. The summed E-state index contributed by atoms with van der Waals surface area (Å²) in [5.41, 5.74) is 2.86. The van der Waals surface area contributed by atoms with Gasteiger partial charge in [0.25, 0.3) is 5.91 Å². The molecule has 26 heavy (non-hydrogen) atoms. The summed E-state index contributed by atoms with van der Waals surface area (Å²) in [6.07, 6.45) is 1.69. The number of aryl methyl sites for hydroxylation is 1. The highest BCUT2D eigenvalue weighted by Gasteiger charge is 2.29. The number of anilines is 1. The number of carbonyl (C=O) groups excluding carboxylic acids is 1. The average Bonchev–Trinajstić information content (AvgIpc) is 3.10. The number of nitrogens with zero attached hydrogens (tertiary/aromatic N) is 4. The summed E-state index contributed by atoms with van der Waals surface area (Å²) in [5.74, 6) is 0.484. The minimum absolute atomic E-state index is 0.0443. The van der Waals surface area contributed by atoms with Crippen LogP contribution >= 0.6 is 0 Å². The predicted molar refractivity (Wildman–Crippen MR) is 99.0 cm³/mol. The number of carbonyl (C=O) groups is 1. The predicted octanol–water partition coefficient (Wildman–Crippen LogP) is 3.01. The number of para-hydroxylation sites is 1. The number of pyridine rings is 1. The highest BCUT2D eigenvalue weighted by atomic mass is 16.5. The maximum atomic E-state index is 13.1. The van der Waals surface area contributed by atoms with Crippen LogP contribution in [0.1, 0.15) is 16.1 Å². The van der Waals surface area contributed by atoms with Crippen molar-refractivity contribution in [2.75, 3.05) is 31.1 Å². The lowest BCUT2D eigenvalue weighted by Crippen LogP contribution is -2.49. The Morgan fingerprint density at radius 2 is 1.73 bits per heavy atom. The van der Waals surface area contributed by atoms with Crippen molar-refractivity contribution in [2.24, 2.45) is 0 Å². The first-order valence-electron chi connectivity index (χ1n) is 8.71. The number of benzene rings is 1. The van der Waals surface area contributed by atoms with Gasteiger partial charge in [0.1, 0.15) is 17.0 Å². The summed E-state index contributed by atoms with van der Waals surface area (Å²) in [7, 11) is 0. The summed E-state index contributed by atoms with van der Waals surface area (Å²) >= 11 is 0. The number of hydrogen-bond acceptors (Lipinski definition) is 5. The minimum atomic E-state index is -0.0443. The third kappa shape index (κ3) is 3.06. The smallest absolute Gasteiger partial charge is 0.259 e. The molecule has 1 fully saturated rings. The fraction of sp³-hybridized carbons (Fsp3) is 0.250. The number of amides is 1. The second-order valence-corrected chi connectivity index (χ2v) is 6.29. The van der Waals surface area contributed by atoms with E-state index >= 15 is 0 Å². The molecule has 0 unspecified atom stereocenters. The van der Waals surface area contributed by atoms with Gasteiger partial charge >= 0.3 is 0 Å². The van der Waals surface area contributed by atoms with Crippen LogP contribution in [0.25, 0.3) is 11.4 Å². The maximum Gasteiger partial charge on any atom is 0.259 e. The van der Waals surface area contributed by atoms with Gasteiger partial charge in [-0.1, -0.05) is 29.4 Å². The minimum Gasteiger partial charge on any atom is -0.368 e. The fourth-order valence-electron chi connectivity index (χ4n) is 3.27. The molecule has 0 spiro atoms. The zero-order valence-electron chi connectivity index (χ0n) is 14.6. The van der Waals surface area contributed by atoms with E-state index in [9.17, 15) is 4.79 Å². The van der Waals surface area contributed by atoms with Crippen LogP contribution in [0.3, 0.4) is 0 Å². The van der Waals surface area contributed by atoms with E-state index in [1.54, 1.807) is 13.1 Å². The average molecular weight is 348 g/mol. The van der Waals surface area contributed by atoms with Gasteiger partial charge in [0.15, 0.2) is 0 Å². The Labute approximate surface area is 152 Å². The molecule has 6 nitrogen and oxygen atoms in total. The number of hydrogen-bond donors (Lipinski definition) is 0. The Balaban J connectivity index is 1.52. The normalized spacial score (nSPS) is 14.5. The molecule has 1 aromatic carbocycles. The quantitative estimate of drug-likeness (QED) is 0.728. The molecule has 2 aromatic heterocycles. The molecular formula is C20H20N4O2. The summed E-state index contributed by atoms with van der Waals surface area (Å²) < 4.78 is 5.30. The van der Waals surface area contributed by atoms with E-state index in [1.807, 2.05) is 41.3 Å². The van der Waals surface area contributed by atoms with E-state index in [0.717, 1.165) is 13.1 Å². The Hall–Kier alpha value is -3.15. The first-order chi connectivity index (χ1) is 12.7. The van der Waals surface area contributed by atoms with Crippen molar-refractivity contribution in [3.8, 4) is 11.4 Å². The monoisotopic (exact) mass is 348 g/mol. The number of aromatic nitrogens is 2. The summed E-state index contributed by atoms with van der Waals surface area (Å²) in [5, 5.41) is 4.07. The maximum absolute atomic E-state index is 13.1. The van der Waals surface area contributed by atoms with E-state index < -0.39 is 0 Å². The topological polar surface area (TPSA) is 62.5 Å². The van der Waals surface area contributed by atoms with Crippen molar-refractivity contribution >= 4 is 11.6 Å². The van der Waals surface area contributed by atoms with Crippen molar-refractivity contribution in [1.82, 2.24) is 15.0 Å². The molecule has 0 N–H and O–H groups in total. The van der Waals surface area contributed by atoms with Gasteiger partial charge in [0.2, 0.25) is 0 Å². The fourth-order valence-corrected chi connectivity index (χ4v) is 3.27. The molecule has 1 saturated heterocycles. The molecule has 0 atom stereocenters. The van der Waals surface area contributed by atoms with Crippen molar-refractivity contribution in [2.45, 2.75) is 6.92 Å². The Bertz CT molecular complexity index is 885. The SMILES string of the molecule is Cc1onc(-c2ccccn2)c1C(=O)N1CCN(c2ccccc2)CC1. The van der Waals surface area contributed by atoms with Crippen molar-refractivity contribution < 1.29 is 9.32 Å². The second kappa shape index (κ2) is 7.00. The van der Waals surface area contributed by atoms with Gasteiger partial charge in [-0.25, -0.2) is 0 Å². The van der Waals surface area contributed by atoms with Crippen molar-refractivity contribution in [1.29, 1.82) is 0 Å². The van der Waals surface area contributed by atoms with Gasteiger partial charge in [-0.05, 0) is 31.2 Å². The van der Waals surface area contributed by atoms with E-state index in [4.69, 9.17) is 4.52 Å². The summed E-state index contributed by atoms with van der Waals surface area (Å²) in [6.45, 7) is 4.71. The third-order valence-electron chi connectivity index (χ3n) is 4.67. The molecular weight excluding hydrogens is 328 g/mol. The molecule has 0 aliphatic carbocycles. The van der Waals surface area contributed by atoms with Crippen LogP contribution in [0.15, 0.2) is 59.3 Å². The lowest BCUT2D eigenvalue weighted by atomic mass is 10.1. The standard InChI is InChI=1S/C20H20N4O2/c1-15-18(19(22-26-15)17-9-5-6-10-21-17)20(25)24-13-11-23(12-14-24)16-7-3-2-4-8-16/h2-10H,11-14H2,1H3. The first kappa shape index (κ1) is 16.3. The molecule has 1 aliphatic heterocycles. The molecule has 0 saturated carbocycles. The van der Waals surface area contributed by atoms with Gasteiger partial charge < -0.3 is 14.3 Å². The van der Waals surface area contributed by atoms with E-state index in [1.165, 1.54) is 5.69 Å². The van der Waals surface area contributed by atoms with Gasteiger partial charge in [-0.15, -0.1) is 0 Å². The lowest BCUT2D eigenvalue weighted by molar-refractivity contribution is 0.0745. The van der Waals surface area contributed by atoms with Crippen LogP contribution < -0.4 is 4.90 Å². The van der Waals surface area contributed by atoms with E-state index in [0.29, 0.717) is 35.8 Å². The highest BCUT2D eigenvalue weighted by molar-refractivity contribution is 6.00. The van der Waals surface area contributed by atoms with Crippen molar-refractivity contribution in [3.05, 3.63) is 66.1 Å². The highest BCUT2D eigenvalue weighted by Crippen LogP contribution is 2.25. The lowest BCUT2D eigenvalue weighted by Gasteiger charge is -2.36. The Morgan fingerprint density at radius 3 is 2.42 bits per heavy atom. The molecule has 0 radical (unpaired) electrons. The molecule has 1 aliphatic rings. The van der Waals surface area contributed by atoms with Crippen LogP contribution in [0.2, 0.25) is 0 Å². The second-order valence-electron chi connectivity index (χ2n) is 6.29. The van der Waals surface area contributed by atoms with Crippen molar-refractivity contribution in [3.63, 3.8) is 0 Å². The summed E-state index contributed by atoms with van der Waals surface area (Å²) in [6, 6.07) is 15.8. The summed E-state index contributed by atoms with van der Waals surface area (Å²) in [4.78, 5) is 21.6. The van der Waals surface area contributed by atoms with Crippen LogP contribution in [0.5, 0.6) is 0 Å². The van der Waals surface area contributed by atoms with Gasteiger partial charge in [-0.2, -0.15) is 0 Å². The van der Waals surface area contributed by atoms with Crippen LogP contribution in [-0.2, 0) is 0 Å². The van der Waals surface area contributed by atoms with Gasteiger partial charge in [0.05, 0.1) is 5.69 Å². The van der Waals surface area contributed by atoms with Crippen LogP contribution in [-0.4, -0.2) is 47.1 Å². The van der Waals surface area contributed by atoms with Crippen LogP contribution in [0.4, 0.5) is 5.69 Å². The first-order valence-corrected chi connectivity index (χ1v) is 8.71. The Morgan fingerprint density at radius 1 is 1.00 bits per heavy atom. The molecule has 1 amide bonds. The number of rotatable bonds is 3. The largest absolute Gasteiger partial charge is 0.368 e. The zero-order chi connectivity index (χ0) is 17.9. The van der Waals surface area contributed by atoms with Crippen LogP contribution in [0, 0.1) is 6.92 Å². The zero-order valence-corrected chi connectivity index (χ0v) is 14.6. The number of piperazine rings is 1. The van der Waals surface area contributed by atoms with Gasteiger partial charge in [0, 0.05) is 38.1 Å².